The van der Waals surface area contributed by atoms with E-state index in [2.05, 4.69) is 6.58 Å². The maximum absolute atomic E-state index is 11.7. The Morgan fingerprint density at radius 1 is 0.545 bits per heavy atom. The first-order valence-electron chi connectivity index (χ1n) is 7.55. The molecule has 0 saturated carbocycles. The molecule has 0 unspecified atom stereocenters. The zero-order valence-corrected chi connectivity index (χ0v) is 13.3. The molecule has 0 fully saturated rings. The molecule has 7 heteroatoms. The maximum Gasteiger partial charge on any atom is 0.113 e. The summed E-state index contributed by atoms with van der Waals surface area (Å²) >= 11 is 0. The predicted molar refractivity (Wildman–Crippen MR) is 81.1 cm³/mol. The fourth-order valence-corrected chi connectivity index (χ4v) is 1.32. The molecule has 22 heavy (non-hydrogen) atoms. The van der Waals surface area contributed by atoms with Gasteiger partial charge >= 0.3 is 0 Å². The zero-order chi connectivity index (χ0) is 16.1. The van der Waals surface area contributed by atoms with Crippen LogP contribution in [0.2, 0.25) is 0 Å². The van der Waals surface area contributed by atoms with Crippen LogP contribution in [0.1, 0.15) is 0 Å². The third kappa shape index (κ3) is 19.4. The van der Waals surface area contributed by atoms with Gasteiger partial charge in [-0.15, -0.1) is 6.58 Å². The van der Waals surface area contributed by atoms with Gasteiger partial charge in [-0.2, -0.15) is 0 Å². The molecule has 0 aromatic rings. The van der Waals surface area contributed by atoms with Crippen LogP contribution in [0.5, 0.6) is 0 Å². The van der Waals surface area contributed by atoms with Gasteiger partial charge in [0.25, 0.3) is 0 Å². The van der Waals surface area contributed by atoms with Crippen LogP contribution >= 0.6 is 0 Å². The van der Waals surface area contributed by atoms with Gasteiger partial charge in [-0.25, -0.2) is 4.39 Å². The molecule has 0 heterocycles. The highest BCUT2D eigenvalue weighted by Gasteiger charge is 1.93. The number of rotatable bonds is 19. The van der Waals surface area contributed by atoms with Gasteiger partial charge in [-0.1, -0.05) is 6.08 Å². The second-order valence-electron chi connectivity index (χ2n) is 4.11. The van der Waals surface area contributed by atoms with Gasteiger partial charge < -0.3 is 28.4 Å². The van der Waals surface area contributed by atoms with Crippen LogP contribution in [0, 0.1) is 0 Å². The lowest BCUT2D eigenvalue weighted by Crippen LogP contribution is -2.14. The molecule has 0 aromatic heterocycles. The van der Waals surface area contributed by atoms with E-state index in [9.17, 15) is 4.39 Å². The smallest absolute Gasteiger partial charge is 0.113 e. The molecule has 0 radical (unpaired) electrons. The summed E-state index contributed by atoms with van der Waals surface area (Å²) in [5, 5.41) is 0. The van der Waals surface area contributed by atoms with Crippen molar-refractivity contribution in [2.45, 2.75) is 0 Å². The van der Waals surface area contributed by atoms with E-state index in [4.69, 9.17) is 28.4 Å². The Morgan fingerprint density at radius 3 is 1.18 bits per heavy atom. The molecule has 6 nitrogen and oxygen atoms in total. The lowest BCUT2D eigenvalue weighted by molar-refractivity contribution is -0.0161. The van der Waals surface area contributed by atoms with Gasteiger partial charge in [0, 0.05) is 0 Å². The summed E-state index contributed by atoms with van der Waals surface area (Å²) in [5.74, 6) is 0. The molecule has 0 aromatic carbocycles. The Morgan fingerprint density at radius 2 is 0.864 bits per heavy atom. The second-order valence-corrected chi connectivity index (χ2v) is 4.11. The van der Waals surface area contributed by atoms with Crippen molar-refractivity contribution in [2.75, 3.05) is 86.0 Å². The van der Waals surface area contributed by atoms with E-state index in [0.717, 1.165) is 0 Å². The van der Waals surface area contributed by atoms with Crippen LogP contribution in [0.25, 0.3) is 0 Å². The van der Waals surface area contributed by atoms with Gasteiger partial charge in [-0.05, 0) is 0 Å². The summed E-state index contributed by atoms with van der Waals surface area (Å²) in [4.78, 5) is 0. The number of ether oxygens (including phenoxy) is 6. The van der Waals surface area contributed by atoms with Gasteiger partial charge in [-0.3, -0.25) is 0 Å². The minimum Gasteiger partial charge on any atom is -0.377 e. The van der Waals surface area contributed by atoms with Crippen molar-refractivity contribution in [1.82, 2.24) is 0 Å². The molecule has 0 rings (SSSR count). The number of alkyl halides is 1. The Hall–Kier alpha value is -0.570. The van der Waals surface area contributed by atoms with Crippen LogP contribution in [0.4, 0.5) is 4.39 Å². The molecule has 0 spiro atoms. The second kappa shape index (κ2) is 20.4. The average molecular weight is 324 g/mol. The van der Waals surface area contributed by atoms with Crippen molar-refractivity contribution in [2.24, 2.45) is 0 Å². The van der Waals surface area contributed by atoms with E-state index in [1.807, 2.05) is 0 Å². The number of hydrogen-bond acceptors (Lipinski definition) is 6. The minimum absolute atomic E-state index is 0.128. The molecule has 132 valence electrons. The van der Waals surface area contributed by atoms with Crippen LogP contribution in [-0.2, 0) is 28.4 Å². The molecule has 0 aliphatic carbocycles. The van der Waals surface area contributed by atoms with E-state index in [-0.39, 0.29) is 6.61 Å². The summed E-state index contributed by atoms with van der Waals surface area (Å²) in [7, 11) is 0. The zero-order valence-electron chi connectivity index (χ0n) is 13.3. The van der Waals surface area contributed by atoms with Gasteiger partial charge in [0.05, 0.1) is 79.3 Å². The Balaban J connectivity index is 2.92. The maximum atomic E-state index is 11.7. The molecule has 0 saturated heterocycles. The quantitative estimate of drug-likeness (QED) is 0.263. The summed E-state index contributed by atoms with van der Waals surface area (Å²) in [5.41, 5.74) is 0. The molecule has 0 atom stereocenters. The summed E-state index contributed by atoms with van der Waals surface area (Å²) in [6.07, 6.45) is 1.70. The standard InChI is InChI=1S/C15H29FO6/c1-2-4-17-6-8-19-10-12-21-14-15-22-13-11-20-9-7-18-5-3-16/h2H,1,3-15H2. The van der Waals surface area contributed by atoms with E-state index >= 15 is 0 Å². The van der Waals surface area contributed by atoms with Crippen molar-refractivity contribution < 1.29 is 32.8 Å². The fourth-order valence-electron chi connectivity index (χ4n) is 1.32. The Kier molecular flexibility index (Phi) is 19.9. The van der Waals surface area contributed by atoms with Crippen molar-refractivity contribution in [3.8, 4) is 0 Å². The summed E-state index contributed by atoms with van der Waals surface area (Å²) < 4.78 is 42.9. The summed E-state index contributed by atoms with van der Waals surface area (Å²) in [6.45, 7) is 8.86. The van der Waals surface area contributed by atoms with Crippen molar-refractivity contribution in [1.29, 1.82) is 0 Å². The first-order chi connectivity index (χ1) is 10.9. The molecule has 0 aliphatic rings. The lowest BCUT2D eigenvalue weighted by atomic mass is 10.6. The van der Waals surface area contributed by atoms with Gasteiger partial charge in [0.2, 0.25) is 0 Å². The largest absolute Gasteiger partial charge is 0.377 e. The van der Waals surface area contributed by atoms with Gasteiger partial charge in [0.15, 0.2) is 0 Å². The number of hydrogen-bond donors (Lipinski definition) is 0. The Labute approximate surface area is 132 Å². The highest BCUT2D eigenvalue weighted by Crippen LogP contribution is 1.84. The highest BCUT2D eigenvalue weighted by atomic mass is 19.1. The van der Waals surface area contributed by atoms with Crippen molar-refractivity contribution in [3.63, 3.8) is 0 Å². The fraction of sp³-hybridized carbons (Fsp3) is 0.867. The monoisotopic (exact) mass is 324 g/mol. The number of halogens is 1. The first kappa shape index (κ1) is 21.4. The molecular formula is C15H29FO6. The SMILES string of the molecule is C=CCOCCOCCOCCOCCOCCOCCF. The molecule has 0 amide bonds. The highest BCUT2D eigenvalue weighted by molar-refractivity contribution is 4.63. The first-order valence-corrected chi connectivity index (χ1v) is 7.55. The summed E-state index contributed by atoms with van der Waals surface area (Å²) in [6, 6.07) is 0. The van der Waals surface area contributed by atoms with Crippen LogP contribution in [0.3, 0.4) is 0 Å². The Bertz CT molecular complexity index is 218. The van der Waals surface area contributed by atoms with Crippen LogP contribution in [-0.4, -0.2) is 86.0 Å². The molecular weight excluding hydrogens is 295 g/mol. The average Bonchev–Trinajstić information content (AvgIpc) is 2.54. The minimum atomic E-state index is -0.461. The van der Waals surface area contributed by atoms with E-state index in [1.54, 1.807) is 6.08 Å². The third-order valence-electron chi connectivity index (χ3n) is 2.32. The van der Waals surface area contributed by atoms with Crippen LogP contribution in [0.15, 0.2) is 12.7 Å². The molecule has 0 aliphatic heterocycles. The van der Waals surface area contributed by atoms with Crippen molar-refractivity contribution in [3.05, 3.63) is 12.7 Å². The van der Waals surface area contributed by atoms with E-state index in [0.29, 0.717) is 72.7 Å². The van der Waals surface area contributed by atoms with E-state index < -0.39 is 6.67 Å². The normalized spacial score (nSPS) is 11.0. The van der Waals surface area contributed by atoms with Crippen LogP contribution < -0.4 is 0 Å². The van der Waals surface area contributed by atoms with Crippen molar-refractivity contribution >= 4 is 0 Å². The molecule has 0 N–H and O–H groups in total. The van der Waals surface area contributed by atoms with E-state index in [1.165, 1.54) is 0 Å². The molecule has 0 bridgehead atoms. The third-order valence-corrected chi connectivity index (χ3v) is 2.32. The topological polar surface area (TPSA) is 55.4 Å². The lowest BCUT2D eigenvalue weighted by Gasteiger charge is -2.07. The van der Waals surface area contributed by atoms with Gasteiger partial charge in [0.1, 0.15) is 6.67 Å². The predicted octanol–water partition coefficient (Wildman–Crippen LogP) is 1.24.